The molecule has 0 bridgehead atoms. The molecule has 0 aliphatic carbocycles. The molecule has 1 amide bonds. The van der Waals surface area contributed by atoms with Crippen molar-refractivity contribution in [2.45, 2.75) is 40.2 Å². The van der Waals surface area contributed by atoms with Gasteiger partial charge in [0.25, 0.3) is 5.91 Å². The number of ether oxygens (including phenoxy) is 1. The van der Waals surface area contributed by atoms with Gasteiger partial charge < -0.3 is 20.0 Å². The van der Waals surface area contributed by atoms with Crippen molar-refractivity contribution in [1.82, 2.24) is 5.32 Å². The molecule has 0 unspecified atom stereocenters. The average Bonchev–Trinajstić information content (AvgIpc) is 2.44. The Kier molecular flexibility index (Phi) is 6.89. The Bertz CT molecular complexity index is 494. The van der Waals surface area contributed by atoms with Crippen molar-refractivity contribution in [3.63, 3.8) is 0 Å². The second-order valence-corrected chi connectivity index (χ2v) is 6.20. The third kappa shape index (κ3) is 6.16. The van der Waals surface area contributed by atoms with Gasteiger partial charge in [-0.1, -0.05) is 27.7 Å². The highest BCUT2D eigenvalue weighted by Gasteiger charge is 2.16. The fraction of sp³-hybridized carbons (Fsp3) is 0.529. The van der Waals surface area contributed by atoms with Gasteiger partial charge in [-0.3, -0.25) is 4.79 Å². The van der Waals surface area contributed by atoms with Crippen LogP contribution in [0.5, 0.6) is 5.75 Å². The average molecular weight is 306 g/mol. The number of rotatable bonds is 8. The summed E-state index contributed by atoms with van der Waals surface area (Å²) in [6, 6.07) is 5.66. The van der Waals surface area contributed by atoms with E-state index in [1.807, 2.05) is 13.8 Å². The molecule has 0 aliphatic rings. The van der Waals surface area contributed by atoms with E-state index in [2.05, 4.69) is 19.2 Å². The van der Waals surface area contributed by atoms with Crippen LogP contribution in [0, 0.1) is 11.8 Å². The Labute approximate surface area is 131 Å². The standard InChI is InChI=1S/C17H25NO4/c1-11(2)9-15(17(20)21)18-16(19)13-5-7-14(8-6-13)22-10-12(3)4/h5-8,11-12,15H,9-10H2,1-4H3,(H,18,19)(H,20,21)/p-1/t15-/m1/s1. The number of carbonyl (C=O) groups is 2. The van der Waals surface area contributed by atoms with Crippen molar-refractivity contribution in [3.05, 3.63) is 29.8 Å². The van der Waals surface area contributed by atoms with E-state index in [9.17, 15) is 14.7 Å². The number of hydrogen-bond acceptors (Lipinski definition) is 4. The van der Waals surface area contributed by atoms with Crippen molar-refractivity contribution in [1.29, 1.82) is 0 Å². The van der Waals surface area contributed by atoms with Crippen LogP contribution in [0.3, 0.4) is 0 Å². The summed E-state index contributed by atoms with van der Waals surface area (Å²) < 4.78 is 5.54. The molecule has 0 aromatic heterocycles. The molecule has 0 aliphatic heterocycles. The van der Waals surface area contributed by atoms with Gasteiger partial charge in [0.05, 0.1) is 18.6 Å². The van der Waals surface area contributed by atoms with Crippen LogP contribution >= 0.6 is 0 Å². The van der Waals surface area contributed by atoms with Crippen molar-refractivity contribution in [3.8, 4) is 5.75 Å². The molecule has 0 saturated carbocycles. The maximum atomic E-state index is 12.1. The molecule has 0 spiro atoms. The van der Waals surface area contributed by atoms with Crippen LogP contribution in [-0.2, 0) is 4.79 Å². The zero-order valence-electron chi connectivity index (χ0n) is 13.6. The Morgan fingerprint density at radius 3 is 2.14 bits per heavy atom. The second kappa shape index (κ2) is 8.41. The molecule has 1 aromatic rings. The summed E-state index contributed by atoms with van der Waals surface area (Å²) in [7, 11) is 0. The highest BCUT2D eigenvalue weighted by atomic mass is 16.5. The second-order valence-electron chi connectivity index (χ2n) is 6.20. The van der Waals surface area contributed by atoms with Gasteiger partial charge in [-0.05, 0) is 42.5 Å². The van der Waals surface area contributed by atoms with Gasteiger partial charge in [0.1, 0.15) is 5.75 Å². The van der Waals surface area contributed by atoms with Crippen LogP contribution in [-0.4, -0.2) is 24.5 Å². The SMILES string of the molecule is CC(C)COc1ccc(C(=O)N[C@H](CC(C)C)C(=O)[O-])cc1. The van der Waals surface area contributed by atoms with Crippen molar-refractivity contribution < 1.29 is 19.4 Å². The molecule has 122 valence electrons. The van der Waals surface area contributed by atoms with Crippen LogP contribution < -0.4 is 15.2 Å². The highest BCUT2D eigenvalue weighted by molar-refractivity contribution is 5.96. The number of carboxylic acid groups (broad SMARTS) is 1. The van der Waals surface area contributed by atoms with Gasteiger partial charge in [0, 0.05) is 5.56 Å². The van der Waals surface area contributed by atoms with E-state index in [-0.39, 0.29) is 5.92 Å². The summed E-state index contributed by atoms with van der Waals surface area (Å²) >= 11 is 0. The predicted octanol–water partition coefficient (Wildman–Crippen LogP) is 1.62. The minimum Gasteiger partial charge on any atom is -0.548 e. The van der Waals surface area contributed by atoms with Gasteiger partial charge in [0.15, 0.2) is 0 Å². The maximum Gasteiger partial charge on any atom is 0.251 e. The van der Waals surface area contributed by atoms with Crippen LogP contribution in [0.15, 0.2) is 24.3 Å². The molecule has 1 atom stereocenters. The van der Waals surface area contributed by atoms with Crippen LogP contribution in [0.2, 0.25) is 0 Å². The minimum atomic E-state index is -1.26. The summed E-state index contributed by atoms with van der Waals surface area (Å²) in [5.74, 6) is -0.439. The number of benzene rings is 1. The van der Waals surface area contributed by atoms with E-state index in [0.717, 1.165) is 0 Å². The molecule has 0 heterocycles. The van der Waals surface area contributed by atoms with Crippen molar-refractivity contribution in [2.75, 3.05) is 6.61 Å². The normalized spacial score (nSPS) is 12.3. The molecular formula is C17H24NO4-. The molecule has 22 heavy (non-hydrogen) atoms. The molecular weight excluding hydrogens is 282 g/mol. The largest absolute Gasteiger partial charge is 0.548 e. The van der Waals surface area contributed by atoms with Gasteiger partial charge in [-0.15, -0.1) is 0 Å². The Morgan fingerprint density at radius 2 is 1.68 bits per heavy atom. The summed E-state index contributed by atoms with van der Waals surface area (Å²) in [4.78, 5) is 23.1. The number of nitrogens with one attached hydrogen (secondary N) is 1. The lowest BCUT2D eigenvalue weighted by atomic mass is 10.0. The predicted molar refractivity (Wildman–Crippen MR) is 82.5 cm³/mol. The minimum absolute atomic E-state index is 0.148. The first kappa shape index (κ1) is 18.0. The molecule has 0 fully saturated rings. The lowest BCUT2D eigenvalue weighted by Gasteiger charge is -2.21. The van der Waals surface area contributed by atoms with Gasteiger partial charge in [-0.25, -0.2) is 0 Å². The van der Waals surface area contributed by atoms with E-state index in [1.54, 1.807) is 24.3 Å². The molecule has 5 heteroatoms. The fourth-order valence-corrected chi connectivity index (χ4v) is 1.89. The van der Waals surface area contributed by atoms with E-state index in [1.165, 1.54) is 0 Å². The zero-order chi connectivity index (χ0) is 16.7. The molecule has 0 radical (unpaired) electrons. The van der Waals surface area contributed by atoms with Crippen molar-refractivity contribution >= 4 is 11.9 Å². The lowest BCUT2D eigenvalue weighted by molar-refractivity contribution is -0.308. The number of amides is 1. The Balaban J connectivity index is 2.66. The Hall–Kier alpha value is -2.04. The Morgan fingerprint density at radius 1 is 1.09 bits per heavy atom. The van der Waals surface area contributed by atoms with E-state index < -0.39 is 17.9 Å². The number of aliphatic carboxylic acids is 1. The summed E-state index contributed by atoms with van der Waals surface area (Å²) in [6.45, 7) is 8.49. The van der Waals surface area contributed by atoms with Gasteiger partial charge >= 0.3 is 0 Å². The summed E-state index contributed by atoms with van der Waals surface area (Å²) in [5.41, 5.74) is 0.395. The van der Waals surface area contributed by atoms with Gasteiger partial charge in [-0.2, -0.15) is 0 Å². The monoisotopic (exact) mass is 306 g/mol. The number of carbonyl (C=O) groups excluding carboxylic acids is 2. The molecule has 5 nitrogen and oxygen atoms in total. The van der Waals surface area contributed by atoms with Crippen molar-refractivity contribution in [2.24, 2.45) is 11.8 Å². The zero-order valence-corrected chi connectivity index (χ0v) is 13.6. The van der Waals surface area contributed by atoms with Crippen LogP contribution in [0.25, 0.3) is 0 Å². The lowest BCUT2D eigenvalue weighted by Crippen LogP contribution is -2.48. The van der Waals surface area contributed by atoms with E-state index in [4.69, 9.17) is 4.74 Å². The third-order valence-corrected chi connectivity index (χ3v) is 3.00. The van der Waals surface area contributed by atoms with Gasteiger partial charge in [0.2, 0.25) is 0 Å². The smallest absolute Gasteiger partial charge is 0.251 e. The topological polar surface area (TPSA) is 78.5 Å². The number of carboxylic acids is 1. The highest BCUT2D eigenvalue weighted by Crippen LogP contribution is 2.14. The quantitative estimate of drug-likeness (QED) is 0.791. The molecule has 1 aromatic carbocycles. The summed E-state index contributed by atoms with van der Waals surface area (Å²) in [6.07, 6.45) is 0.337. The molecule has 0 saturated heterocycles. The first-order valence-corrected chi connectivity index (χ1v) is 7.54. The third-order valence-electron chi connectivity index (χ3n) is 3.00. The van der Waals surface area contributed by atoms with Crippen LogP contribution in [0.4, 0.5) is 0 Å². The van der Waals surface area contributed by atoms with E-state index >= 15 is 0 Å². The van der Waals surface area contributed by atoms with E-state index in [0.29, 0.717) is 30.3 Å². The summed E-state index contributed by atoms with van der Waals surface area (Å²) in [5, 5.41) is 13.6. The first-order valence-electron chi connectivity index (χ1n) is 7.54. The molecule has 1 rings (SSSR count). The fourth-order valence-electron chi connectivity index (χ4n) is 1.89. The van der Waals surface area contributed by atoms with Crippen LogP contribution in [0.1, 0.15) is 44.5 Å². The number of hydrogen-bond donors (Lipinski definition) is 1. The first-order chi connectivity index (χ1) is 10.3. The molecule has 1 N–H and O–H groups in total. The maximum absolute atomic E-state index is 12.1.